The van der Waals surface area contributed by atoms with Gasteiger partial charge in [0.1, 0.15) is 5.69 Å². The lowest BCUT2D eigenvalue weighted by molar-refractivity contribution is -0.141. The fourth-order valence-corrected chi connectivity index (χ4v) is 2.47. The second kappa shape index (κ2) is 3.98. The van der Waals surface area contributed by atoms with Crippen molar-refractivity contribution >= 4 is 0 Å². The Hall–Kier alpha value is -1.10. The number of rotatable bonds is 1. The van der Waals surface area contributed by atoms with Crippen LogP contribution in [0, 0.1) is 11.8 Å². The average Bonchev–Trinajstić information content (AvgIpc) is 2.89. The summed E-state index contributed by atoms with van der Waals surface area (Å²) in [6, 6.07) is 2.81. The standard InChI is InChI=1S/C11H11F3N2.CH4/c12-11(13,14)9-2-1-6(4-15-9)10-8-3-7(8)5-16-10;/h1-2,4,7-8,10,16H,3,5H2;1H4. The van der Waals surface area contributed by atoms with E-state index in [0.717, 1.165) is 24.1 Å². The molecule has 2 heterocycles. The lowest BCUT2D eigenvalue weighted by atomic mass is 10.1. The molecule has 1 aromatic rings. The van der Waals surface area contributed by atoms with Crippen molar-refractivity contribution in [3.05, 3.63) is 29.6 Å². The summed E-state index contributed by atoms with van der Waals surface area (Å²) in [6.07, 6.45) is -1.80. The number of piperidine rings is 1. The van der Waals surface area contributed by atoms with Crippen molar-refractivity contribution in [2.45, 2.75) is 26.1 Å². The first-order chi connectivity index (χ1) is 7.55. The normalized spacial score (nSPS) is 30.6. The van der Waals surface area contributed by atoms with Crippen LogP contribution in [0.4, 0.5) is 13.2 Å². The molecule has 3 rings (SSSR count). The molecule has 5 heteroatoms. The molecular formula is C12H15F3N2. The molecule has 0 bridgehead atoms. The van der Waals surface area contributed by atoms with E-state index in [1.165, 1.54) is 18.7 Å². The van der Waals surface area contributed by atoms with Gasteiger partial charge in [-0.1, -0.05) is 13.5 Å². The first-order valence-electron chi connectivity index (χ1n) is 5.32. The Morgan fingerprint density at radius 2 is 2.06 bits per heavy atom. The van der Waals surface area contributed by atoms with Gasteiger partial charge in [-0.05, 0) is 36.4 Å². The van der Waals surface area contributed by atoms with Crippen LogP contribution in [0.2, 0.25) is 0 Å². The molecule has 94 valence electrons. The van der Waals surface area contributed by atoms with Gasteiger partial charge in [-0.2, -0.15) is 13.2 Å². The molecule has 1 N–H and O–H groups in total. The van der Waals surface area contributed by atoms with Crippen LogP contribution < -0.4 is 5.32 Å². The number of halogens is 3. The highest BCUT2D eigenvalue weighted by molar-refractivity contribution is 5.24. The van der Waals surface area contributed by atoms with Gasteiger partial charge in [-0.15, -0.1) is 0 Å². The van der Waals surface area contributed by atoms with Gasteiger partial charge in [0.15, 0.2) is 0 Å². The van der Waals surface area contributed by atoms with E-state index < -0.39 is 11.9 Å². The van der Waals surface area contributed by atoms with Crippen molar-refractivity contribution < 1.29 is 13.2 Å². The Morgan fingerprint density at radius 3 is 2.47 bits per heavy atom. The lowest BCUT2D eigenvalue weighted by Gasteiger charge is -2.14. The smallest absolute Gasteiger partial charge is 0.309 e. The second-order valence-electron chi connectivity index (χ2n) is 4.52. The Labute approximate surface area is 98.2 Å². The quantitative estimate of drug-likeness (QED) is 0.821. The van der Waals surface area contributed by atoms with Crippen molar-refractivity contribution in [3.8, 4) is 0 Å². The van der Waals surface area contributed by atoms with E-state index in [9.17, 15) is 13.2 Å². The fraction of sp³-hybridized carbons (Fsp3) is 0.583. The number of pyridine rings is 1. The maximum absolute atomic E-state index is 12.3. The van der Waals surface area contributed by atoms with Crippen molar-refractivity contribution in [1.82, 2.24) is 10.3 Å². The van der Waals surface area contributed by atoms with Crippen LogP contribution in [0.15, 0.2) is 18.3 Å². The number of nitrogens with one attached hydrogen (secondary N) is 1. The van der Waals surface area contributed by atoms with Crippen molar-refractivity contribution in [3.63, 3.8) is 0 Å². The van der Waals surface area contributed by atoms with E-state index in [-0.39, 0.29) is 13.5 Å². The van der Waals surface area contributed by atoms with Crippen LogP contribution in [0.25, 0.3) is 0 Å². The highest BCUT2D eigenvalue weighted by atomic mass is 19.4. The third kappa shape index (κ3) is 2.16. The minimum absolute atomic E-state index is 0. The Bertz CT molecular complexity index is 399. The zero-order valence-corrected chi connectivity index (χ0v) is 8.46. The molecule has 1 aliphatic carbocycles. The topological polar surface area (TPSA) is 24.9 Å². The minimum atomic E-state index is -4.34. The number of hydrogen-bond acceptors (Lipinski definition) is 2. The SMILES string of the molecule is C.FC(F)(F)c1ccc(C2NCC3CC32)cn1. The molecule has 1 saturated carbocycles. The third-order valence-electron chi connectivity index (χ3n) is 3.44. The van der Waals surface area contributed by atoms with Crippen molar-refractivity contribution in [2.75, 3.05) is 6.54 Å². The van der Waals surface area contributed by atoms with Crippen LogP contribution in [-0.2, 0) is 6.18 Å². The predicted octanol–water partition coefficient (Wildman–Crippen LogP) is 3.02. The summed E-state index contributed by atoms with van der Waals surface area (Å²) in [6.45, 7) is 0.982. The van der Waals surface area contributed by atoms with Crippen LogP contribution in [0.3, 0.4) is 0 Å². The van der Waals surface area contributed by atoms with Gasteiger partial charge in [-0.3, -0.25) is 4.98 Å². The van der Waals surface area contributed by atoms with Crippen LogP contribution in [0.1, 0.15) is 31.1 Å². The maximum atomic E-state index is 12.3. The summed E-state index contributed by atoms with van der Waals surface area (Å²) in [5.74, 6) is 1.34. The monoisotopic (exact) mass is 244 g/mol. The molecule has 3 atom stereocenters. The molecule has 2 fully saturated rings. The number of aromatic nitrogens is 1. The maximum Gasteiger partial charge on any atom is 0.433 e. The molecule has 0 spiro atoms. The molecule has 1 saturated heterocycles. The zero-order chi connectivity index (χ0) is 11.3. The summed E-state index contributed by atoms with van der Waals surface area (Å²) < 4.78 is 36.9. The molecule has 0 aromatic carbocycles. The number of fused-ring (bicyclic) bond motifs is 1. The van der Waals surface area contributed by atoms with Crippen LogP contribution in [0.5, 0.6) is 0 Å². The largest absolute Gasteiger partial charge is 0.433 e. The van der Waals surface area contributed by atoms with E-state index in [1.54, 1.807) is 0 Å². The Balaban J connectivity index is 0.00000108. The van der Waals surface area contributed by atoms with Crippen LogP contribution in [-0.4, -0.2) is 11.5 Å². The first-order valence-corrected chi connectivity index (χ1v) is 5.32. The lowest BCUT2D eigenvalue weighted by Crippen LogP contribution is -2.18. The summed E-state index contributed by atoms with van der Waals surface area (Å²) in [7, 11) is 0. The molecule has 3 unspecified atom stereocenters. The highest BCUT2D eigenvalue weighted by Gasteiger charge is 2.48. The summed E-state index contributed by atoms with van der Waals surface area (Å²) in [4.78, 5) is 3.48. The van der Waals surface area contributed by atoms with Gasteiger partial charge < -0.3 is 5.32 Å². The first kappa shape index (κ1) is 12.4. The van der Waals surface area contributed by atoms with Crippen LogP contribution >= 0.6 is 0 Å². The van der Waals surface area contributed by atoms with E-state index in [4.69, 9.17) is 0 Å². The van der Waals surface area contributed by atoms with Gasteiger partial charge in [0.05, 0.1) is 0 Å². The fourth-order valence-electron chi connectivity index (χ4n) is 2.47. The summed E-state index contributed by atoms with van der Waals surface area (Å²) in [5, 5.41) is 3.31. The Kier molecular flexibility index (Phi) is 2.89. The number of hydrogen-bond donors (Lipinski definition) is 1. The van der Waals surface area contributed by atoms with Crippen molar-refractivity contribution in [1.29, 1.82) is 0 Å². The van der Waals surface area contributed by atoms with E-state index >= 15 is 0 Å². The number of alkyl halides is 3. The third-order valence-corrected chi connectivity index (χ3v) is 3.44. The van der Waals surface area contributed by atoms with Gasteiger partial charge in [-0.25, -0.2) is 0 Å². The van der Waals surface area contributed by atoms with E-state index in [1.807, 2.05) is 0 Å². The van der Waals surface area contributed by atoms with Gasteiger partial charge in [0.2, 0.25) is 0 Å². The van der Waals surface area contributed by atoms with Crippen molar-refractivity contribution in [2.24, 2.45) is 11.8 Å². The highest BCUT2D eigenvalue weighted by Crippen LogP contribution is 2.51. The number of nitrogens with zero attached hydrogens (tertiary/aromatic N) is 1. The molecular weight excluding hydrogens is 229 g/mol. The molecule has 17 heavy (non-hydrogen) atoms. The summed E-state index contributed by atoms with van der Waals surface area (Å²) >= 11 is 0. The minimum Gasteiger partial charge on any atom is -0.309 e. The molecule has 2 aliphatic rings. The summed E-state index contributed by atoms with van der Waals surface area (Å²) in [5.41, 5.74) is 0.0552. The molecule has 0 radical (unpaired) electrons. The zero-order valence-electron chi connectivity index (χ0n) is 8.46. The van der Waals surface area contributed by atoms with Gasteiger partial charge >= 0.3 is 6.18 Å². The van der Waals surface area contributed by atoms with Gasteiger partial charge in [0.25, 0.3) is 0 Å². The molecule has 0 amide bonds. The van der Waals surface area contributed by atoms with Gasteiger partial charge in [0, 0.05) is 12.2 Å². The molecule has 2 nitrogen and oxygen atoms in total. The second-order valence-corrected chi connectivity index (χ2v) is 4.52. The van der Waals surface area contributed by atoms with E-state index in [2.05, 4.69) is 10.3 Å². The molecule has 1 aromatic heterocycles. The Morgan fingerprint density at radius 1 is 1.29 bits per heavy atom. The molecule has 1 aliphatic heterocycles. The van der Waals surface area contributed by atoms with E-state index in [0.29, 0.717) is 5.92 Å². The average molecular weight is 244 g/mol. The predicted molar refractivity (Wildman–Crippen MR) is 58.3 cm³/mol.